The van der Waals surface area contributed by atoms with Crippen LogP contribution in [0.5, 0.6) is 0 Å². The molecule has 5 aromatic rings. The summed E-state index contributed by atoms with van der Waals surface area (Å²) in [5, 5.41) is 9.76. The van der Waals surface area contributed by atoms with Crippen LogP contribution in [0, 0.1) is 0 Å². The Bertz CT molecular complexity index is 1740. The van der Waals surface area contributed by atoms with Gasteiger partial charge >= 0.3 is 5.97 Å². The zero-order valence-electron chi connectivity index (χ0n) is 22.2. The van der Waals surface area contributed by atoms with Crippen LogP contribution in [-0.4, -0.2) is 25.4 Å². The number of esters is 1. The second-order valence-corrected chi connectivity index (χ2v) is 9.99. The number of ether oxygens (including phenoxy) is 1. The average molecular weight is 531 g/mol. The molecule has 0 amide bonds. The summed E-state index contributed by atoms with van der Waals surface area (Å²) in [5.41, 5.74) is 7.03. The molecule has 0 radical (unpaired) electrons. The van der Waals surface area contributed by atoms with Gasteiger partial charge in [0.2, 0.25) is 0 Å². The van der Waals surface area contributed by atoms with Crippen molar-refractivity contribution in [2.24, 2.45) is 0 Å². The molecule has 3 aromatic heterocycles. The molecular weight excluding hydrogens is 500 g/mol. The number of nitrogens with zero attached hydrogens (tertiary/aromatic N) is 4. The molecule has 3 heterocycles. The maximum atomic E-state index is 13.2. The Morgan fingerprint density at radius 3 is 2.40 bits per heavy atom. The molecule has 2 aromatic carbocycles. The van der Waals surface area contributed by atoms with Crippen molar-refractivity contribution in [2.45, 2.75) is 45.1 Å². The van der Waals surface area contributed by atoms with E-state index in [1.807, 2.05) is 89.6 Å². The number of aromatic nitrogens is 4. The molecule has 1 aliphatic rings. The summed E-state index contributed by atoms with van der Waals surface area (Å²) in [7, 11) is 0. The van der Waals surface area contributed by atoms with Crippen LogP contribution < -0.4 is 5.56 Å². The van der Waals surface area contributed by atoms with Crippen molar-refractivity contribution in [1.29, 1.82) is 0 Å². The number of benzene rings is 2. The molecule has 40 heavy (non-hydrogen) atoms. The average Bonchev–Trinajstić information content (AvgIpc) is 3.40. The lowest BCUT2D eigenvalue weighted by Crippen LogP contribution is -2.24. The topological polar surface area (TPSA) is 78.5 Å². The smallest absolute Gasteiger partial charge is 0.306 e. The molecule has 0 bridgehead atoms. The normalized spacial score (nSPS) is 13.5. The molecule has 0 saturated carbocycles. The van der Waals surface area contributed by atoms with Crippen LogP contribution in [0.1, 0.15) is 44.1 Å². The number of carbonyl (C=O) groups excluding carboxylic acids is 1. The summed E-state index contributed by atoms with van der Waals surface area (Å²) >= 11 is 0. The van der Waals surface area contributed by atoms with Gasteiger partial charge < -0.3 is 4.74 Å². The predicted octanol–water partition coefficient (Wildman–Crippen LogP) is 6.53. The van der Waals surface area contributed by atoms with Crippen molar-refractivity contribution >= 4 is 17.2 Å². The molecule has 0 fully saturated rings. The van der Waals surface area contributed by atoms with Gasteiger partial charge in [0.05, 0.1) is 16.8 Å². The van der Waals surface area contributed by atoms with Crippen LogP contribution >= 0.6 is 0 Å². The Labute approximate surface area is 232 Å². The van der Waals surface area contributed by atoms with Crippen LogP contribution in [0.15, 0.2) is 108 Å². The van der Waals surface area contributed by atoms with E-state index in [9.17, 15) is 9.59 Å². The first-order chi connectivity index (χ1) is 19.7. The molecular formula is C33H30N4O3. The fourth-order valence-corrected chi connectivity index (χ4v) is 5.33. The Morgan fingerprint density at radius 1 is 0.825 bits per heavy atom. The van der Waals surface area contributed by atoms with E-state index in [4.69, 9.17) is 14.9 Å². The van der Waals surface area contributed by atoms with Crippen molar-refractivity contribution in [2.75, 3.05) is 0 Å². The minimum Gasteiger partial charge on any atom is -0.461 e. The molecule has 7 heteroatoms. The van der Waals surface area contributed by atoms with Gasteiger partial charge in [-0.15, -0.1) is 0 Å². The molecule has 0 spiro atoms. The highest BCUT2D eigenvalue weighted by atomic mass is 16.5. The lowest BCUT2D eigenvalue weighted by Gasteiger charge is -2.21. The van der Waals surface area contributed by atoms with Gasteiger partial charge in [-0.1, -0.05) is 66.7 Å². The number of fused-ring (bicyclic) bond motifs is 1. The lowest BCUT2D eigenvalue weighted by atomic mass is 9.93. The van der Waals surface area contributed by atoms with Crippen molar-refractivity contribution in [3.63, 3.8) is 0 Å². The summed E-state index contributed by atoms with van der Waals surface area (Å²) in [6, 6.07) is 29.0. The van der Waals surface area contributed by atoms with Crippen molar-refractivity contribution < 1.29 is 9.53 Å². The number of pyridine rings is 1. The monoisotopic (exact) mass is 530 g/mol. The molecule has 0 aliphatic heterocycles. The maximum absolute atomic E-state index is 13.2. The second kappa shape index (κ2) is 11.5. The highest BCUT2D eigenvalue weighted by Gasteiger charge is 2.21. The van der Waals surface area contributed by atoms with Crippen LogP contribution in [0.4, 0.5) is 0 Å². The van der Waals surface area contributed by atoms with E-state index in [1.54, 1.807) is 16.8 Å². The fourth-order valence-electron chi connectivity index (χ4n) is 5.33. The molecule has 200 valence electrons. The molecule has 0 atom stereocenters. The molecule has 0 N–H and O–H groups in total. The van der Waals surface area contributed by atoms with Gasteiger partial charge in [0.1, 0.15) is 12.3 Å². The molecule has 0 saturated heterocycles. The van der Waals surface area contributed by atoms with E-state index >= 15 is 0 Å². The molecule has 0 unspecified atom stereocenters. The van der Waals surface area contributed by atoms with Crippen molar-refractivity contribution in [3.05, 3.63) is 119 Å². The number of rotatable bonds is 8. The first kappa shape index (κ1) is 25.5. The Morgan fingerprint density at radius 2 is 1.57 bits per heavy atom. The number of carbonyl (C=O) groups is 1. The highest BCUT2D eigenvalue weighted by Crippen LogP contribution is 2.35. The standard InChI is InChI=1S/C33H30N4O3/c38-30-20-19-27(32-29-17-9-10-22-36(29)35-33(32)26-14-5-2-6-15-26)34-37(30)28-16-8-7-13-25(28)18-21-31(39)40-23-24-11-3-1-4-12-24/h1-6,9-12,14-15,17,19-20,22H,7-8,13,16,18,21,23H2. The van der Waals surface area contributed by atoms with E-state index in [-0.39, 0.29) is 24.6 Å². The Balaban J connectivity index is 1.33. The minimum atomic E-state index is -0.241. The first-order valence-electron chi connectivity index (χ1n) is 13.7. The number of hydrogen-bond donors (Lipinski definition) is 0. The van der Waals surface area contributed by atoms with Crippen LogP contribution in [-0.2, 0) is 16.1 Å². The van der Waals surface area contributed by atoms with Gasteiger partial charge in [-0.2, -0.15) is 10.2 Å². The zero-order chi connectivity index (χ0) is 27.3. The Hall–Kier alpha value is -4.78. The summed E-state index contributed by atoms with van der Waals surface area (Å²) in [6.45, 7) is 0.262. The lowest BCUT2D eigenvalue weighted by molar-refractivity contribution is -0.144. The van der Waals surface area contributed by atoms with E-state index < -0.39 is 0 Å². The van der Waals surface area contributed by atoms with E-state index in [1.165, 1.54) is 0 Å². The third-order valence-corrected chi connectivity index (χ3v) is 7.32. The third kappa shape index (κ3) is 5.36. The van der Waals surface area contributed by atoms with E-state index in [2.05, 4.69) is 0 Å². The SMILES string of the molecule is O=C(CCC1=C(n2nc(-c3c(-c4ccccc4)nn4ccccc34)ccc2=O)CCCC1)OCc1ccccc1. The molecule has 1 aliphatic carbocycles. The Kier molecular flexibility index (Phi) is 7.35. The van der Waals surface area contributed by atoms with Gasteiger partial charge in [-0.3, -0.25) is 9.59 Å². The predicted molar refractivity (Wildman–Crippen MR) is 155 cm³/mol. The van der Waals surface area contributed by atoms with Gasteiger partial charge in [-0.25, -0.2) is 9.20 Å². The van der Waals surface area contributed by atoms with Gasteiger partial charge in [-0.05, 0) is 61.4 Å². The van der Waals surface area contributed by atoms with Crippen LogP contribution in [0.25, 0.3) is 33.7 Å². The summed E-state index contributed by atoms with van der Waals surface area (Å²) in [6.07, 6.45) is 6.32. The van der Waals surface area contributed by atoms with Crippen LogP contribution in [0.2, 0.25) is 0 Å². The maximum Gasteiger partial charge on any atom is 0.306 e. The van der Waals surface area contributed by atoms with Gasteiger partial charge in [0.15, 0.2) is 0 Å². The van der Waals surface area contributed by atoms with Crippen LogP contribution in [0.3, 0.4) is 0 Å². The second-order valence-electron chi connectivity index (χ2n) is 9.99. The molecule has 6 rings (SSSR count). The van der Waals surface area contributed by atoms with Gasteiger partial charge in [0.25, 0.3) is 5.56 Å². The highest BCUT2D eigenvalue weighted by molar-refractivity contribution is 5.90. The van der Waals surface area contributed by atoms with E-state index in [0.29, 0.717) is 12.1 Å². The summed E-state index contributed by atoms with van der Waals surface area (Å²) < 4.78 is 8.88. The first-order valence-corrected chi connectivity index (χ1v) is 13.7. The number of hydrogen-bond acceptors (Lipinski definition) is 5. The third-order valence-electron chi connectivity index (χ3n) is 7.32. The zero-order valence-corrected chi connectivity index (χ0v) is 22.2. The van der Waals surface area contributed by atoms with Crippen molar-refractivity contribution in [1.82, 2.24) is 19.4 Å². The van der Waals surface area contributed by atoms with E-state index in [0.717, 1.165) is 64.9 Å². The fraction of sp³-hybridized carbons (Fsp3) is 0.212. The quantitative estimate of drug-likeness (QED) is 0.213. The summed E-state index contributed by atoms with van der Waals surface area (Å²) in [4.78, 5) is 25.7. The van der Waals surface area contributed by atoms with Crippen molar-refractivity contribution in [3.8, 4) is 22.5 Å². The summed E-state index contributed by atoms with van der Waals surface area (Å²) in [5.74, 6) is -0.241. The number of allylic oxidation sites excluding steroid dienone is 2. The minimum absolute atomic E-state index is 0.178. The van der Waals surface area contributed by atoms with Gasteiger partial charge in [0, 0.05) is 29.9 Å². The largest absolute Gasteiger partial charge is 0.461 e. The molecule has 7 nitrogen and oxygen atoms in total.